The van der Waals surface area contributed by atoms with Crippen LogP contribution in [0.4, 0.5) is 0 Å². The van der Waals surface area contributed by atoms with Crippen LogP contribution in [0, 0.1) is 19.8 Å². The first-order valence-electron chi connectivity index (χ1n) is 7.51. The third kappa shape index (κ3) is 4.06. The summed E-state index contributed by atoms with van der Waals surface area (Å²) in [7, 11) is 0. The summed E-state index contributed by atoms with van der Waals surface area (Å²) in [5.74, 6) is 0.415. The van der Waals surface area contributed by atoms with E-state index >= 15 is 0 Å². The third-order valence-electron chi connectivity index (χ3n) is 3.82. The number of carbonyl (C=O) groups is 2. The second kappa shape index (κ2) is 6.60. The predicted molar refractivity (Wildman–Crippen MR) is 85.2 cm³/mol. The predicted octanol–water partition coefficient (Wildman–Crippen LogP) is 2.63. The maximum atomic E-state index is 12.6. The van der Waals surface area contributed by atoms with Gasteiger partial charge in [0.2, 0.25) is 11.8 Å². The van der Waals surface area contributed by atoms with Gasteiger partial charge in [-0.3, -0.25) is 9.59 Å². The van der Waals surface area contributed by atoms with E-state index in [2.05, 4.69) is 39.1 Å². The molecule has 0 radical (unpaired) electrons. The molecule has 4 nitrogen and oxygen atoms in total. The molecule has 2 amide bonds. The standard InChI is InChI=1S/C16H24N2O2S/c1-10(2)7-14-16(20)18(6-5-15(19)17-14)9-13-8-11(3)12(4)21-13/h8,10,14H,5-7,9H2,1-4H3,(H,17,19). The molecule has 5 heteroatoms. The van der Waals surface area contributed by atoms with Crippen LogP contribution in [-0.4, -0.2) is 29.3 Å². The molecule has 2 rings (SSSR count). The summed E-state index contributed by atoms with van der Waals surface area (Å²) in [4.78, 5) is 28.7. The molecule has 1 saturated heterocycles. The summed E-state index contributed by atoms with van der Waals surface area (Å²) in [6.45, 7) is 9.45. The molecule has 1 fully saturated rings. The zero-order valence-corrected chi connectivity index (χ0v) is 14.0. The molecule has 0 aliphatic carbocycles. The monoisotopic (exact) mass is 308 g/mol. The van der Waals surface area contributed by atoms with Crippen molar-refractivity contribution in [2.75, 3.05) is 6.54 Å². The first kappa shape index (κ1) is 16.0. The van der Waals surface area contributed by atoms with Gasteiger partial charge in [0, 0.05) is 22.7 Å². The number of aryl methyl sites for hydroxylation is 2. The van der Waals surface area contributed by atoms with Gasteiger partial charge in [-0.1, -0.05) is 13.8 Å². The van der Waals surface area contributed by atoms with Gasteiger partial charge in [0.1, 0.15) is 6.04 Å². The minimum atomic E-state index is -0.373. The van der Waals surface area contributed by atoms with Crippen LogP contribution in [0.3, 0.4) is 0 Å². The largest absolute Gasteiger partial charge is 0.344 e. The Morgan fingerprint density at radius 1 is 1.38 bits per heavy atom. The average molecular weight is 308 g/mol. The Kier molecular flexibility index (Phi) is 5.04. The fraction of sp³-hybridized carbons (Fsp3) is 0.625. The highest BCUT2D eigenvalue weighted by Crippen LogP contribution is 2.23. The Bertz CT molecular complexity index is 517. The number of thiophene rings is 1. The van der Waals surface area contributed by atoms with E-state index in [0.717, 1.165) is 0 Å². The smallest absolute Gasteiger partial charge is 0.245 e. The van der Waals surface area contributed by atoms with Crippen molar-refractivity contribution in [2.45, 2.75) is 53.1 Å². The molecule has 0 saturated carbocycles. The van der Waals surface area contributed by atoms with Crippen LogP contribution in [0.2, 0.25) is 0 Å². The van der Waals surface area contributed by atoms with Crippen molar-refractivity contribution in [1.29, 1.82) is 0 Å². The van der Waals surface area contributed by atoms with Gasteiger partial charge in [-0.2, -0.15) is 0 Å². The zero-order valence-electron chi connectivity index (χ0n) is 13.2. The number of nitrogens with zero attached hydrogens (tertiary/aromatic N) is 1. The normalized spacial score (nSPS) is 19.9. The maximum Gasteiger partial charge on any atom is 0.245 e. The lowest BCUT2D eigenvalue weighted by Crippen LogP contribution is -2.45. The second-order valence-corrected chi connectivity index (χ2v) is 7.55. The number of nitrogens with one attached hydrogen (secondary N) is 1. The summed E-state index contributed by atoms with van der Waals surface area (Å²) in [6, 6.07) is 1.77. The van der Waals surface area contributed by atoms with E-state index in [1.54, 1.807) is 11.3 Å². The molecular formula is C16H24N2O2S. The van der Waals surface area contributed by atoms with Gasteiger partial charge in [-0.25, -0.2) is 0 Å². The minimum Gasteiger partial charge on any atom is -0.344 e. The molecule has 0 aromatic carbocycles. The zero-order chi connectivity index (χ0) is 15.6. The molecule has 2 heterocycles. The van der Waals surface area contributed by atoms with Crippen molar-refractivity contribution in [2.24, 2.45) is 5.92 Å². The lowest BCUT2D eigenvalue weighted by molar-refractivity contribution is -0.134. The van der Waals surface area contributed by atoms with E-state index in [1.807, 2.05) is 4.90 Å². The summed E-state index contributed by atoms with van der Waals surface area (Å²) in [5.41, 5.74) is 1.27. The molecule has 116 valence electrons. The van der Waals surface area contributed by atoms with Gasteiger partial charge in [0.05, 0.1) is 6.54 Å². The Hall–Kier alpha value is -1.36. The highest BCUT2D eigenvalue weighted by molar-refractivity contribution is 7.12. The van der Waals surface area contributed by atoms with E-state index in [4.69, 9.17) is 0 Å². The van der Waals surface area contributed by atoms with Gasteiger partial charge in [0.25, 0.3) is 0 Å². The molecule has 21 heavy (non-hydrogen) atoms. The maximum absolute atomic E-state index is 12.6. The molecule has 0 bridgehead atoms. The third-order valence-corrected chi connectivity index (χ3v) is 4.96. The highest BCUT2D eigenvalue weighted by Gasteiger charge is 2.30. The number of rotatable bonds is 4. The Morgan fingerprint density at radius 2 is 2.10 bits per heavy atom. The van der Waals surface area contributed by atoms with Crippen LogP contribution >= 0.6 is 11.3 Å². The number of carbonyl (C=O) groups excluding carboxylic acids is 2. The number of hydrogen-bond acceptors (Lipinski definition) is 3. The topological polar surface area (TPSA) is 49.4 Å². The molecule has 1 N–H and O–H groups in total. The van der Waals surface area contributed by atoms with E-state index in [-0.39, 0.29) is 17.9 Å². The van der Waals surface area contributed by atoms with Crippen molar-refractivity contribution >= 4 is 23.2 Å². The fourth-order valence-electron chi connectivity index (χ4n) is 2.60. The van der Waals surface area contributed by atoms with Crippen molar-refractivity contribution in [1.82, 2.24) is 10.2 Å². The Labute approximate surface area is 130 Å². The summed E-state index contributed by atoms with van der Waals surface area (Å²) < 4.78 is 0. The van der Waals surface area contributed by atoms with Crippen molar-refractivity contribution in [3.63, 3.8) is 0 Å². The average Bonchev–Trinajstić information content (AvgIpc) is 2.64. The Morgan fingerprint density at radius 3 is 2.67 bits per heavy atom. The molecule has 0 spiro atoms. The minimum absolute atomic E-state index is 0.0185. The molecular weight excluding hydrogens is 284 g/mol. The second-order valence-electron chi connectivity index (χ2n) is 6.21. The molecule has 1 aromatic heterocycles. The van der Waals surface area contributed by atoms with Crippen molar-refractivity contribution < 1.29 is 9.59 Å². The number of amides is 2. The first-order chi connectivity index (χ1) is 9.86. The summed E-state index contributed by atoms with van der Waals surface area (Å²) in [5, 5.41) is 2.87. The molecule has 1 atom stereocenters. The lowest BCUT2D eigenvalue weighted by atomic mass is 10.0. The Balaban J connectivity index is 2.13. The van der Waals surface area contributed by atoms with E-state index in [0.29, 0.717) is 31.8 Å². The van der Waals surface area contributed by atoms with Crippen molar-refractivity contribution in [3.05, 3.63) is 21.4 Å². The fourth-order valence-corrected chi connectivity index (χ4v) is 3.67. The van der Waals surface area contributed by atoms with Gasteiger partial charge in [-0.15, -0.1) is 11.3 Å². The van der Waals surface area contributed by atoms with Crippen LogP contribution in [0.15, 0.2) is 6.07 Å². The molecule has 1 aliphatic heterocycles. The van der Waals surface area contributed by atoms with Crippen LogP contribution in [0.25, 0.3) is 0 Å². The van der Waals surface area contributed by atoms with E-state index < -0.39 is 0 Å². The van der Waals surface area contributed by atoms with E-state index in [1.165, 1.54) is 15.3 Å². The quantitative estimate of drug-likeness (QED) is 0.929. The van der Waals surface area contributed by atoms with Gasteiger partial charge >= 0.3 is 0 Å². The van der Waals surface area contributed by atoms with Crippen LogP contribution in [-0.2, 0) is 16.1 Å². The van der Waals surface area contributed by atoms with Crippen molar-refractivity contribution in [3.8, 4) is 0 Å². The molecule has 1 aromatic rings. The number of hydrogen-bond donors (Lipinski definition) is 1. The van der Waals surface area contributed by atoms with Gasteiger partial charge in [-0.05, 0) is 37.8 Å². The van der Waals surface area contributed by atoms with Gasteiger partial charge in [0.15, 0.2) is 0 Å². The molecule has 1 unspecified atom stereocenters. The van der Waals surface area contributed by atoms with Gasteiger partial charge < -0.3 is 10.2 Å². The first-order valence-corrected chi connectivity index (χ1v) is 8.32. The van der Waals surface area contributed by atoms with E-state index in [9.17, 15) is 9.59 Å². The molecule has 1 aliphatic rings. The SMILES string of the molecule is Cc1cc(CN2CCC(=O)NC(CC(C)C)C2=O)sc1C. The van der Waals surface area contributed by atoms with Crippen LogP contribution in [0.1, 0.15) is 42.0 Å². The lowest BCUT2D eigenvalue weighted by Gasteiger charge is -2.24. The van der Waals surface area contributed by atoms with Crippen LogP contribution in [0.5, 0.6) is 0 Å². The summed E-state index contributed by atoms with van der Waals surface area (Å²) >= 11 is 1.73. The summed E-state index contributed by atoms with van der Waals surface area (Å²) in [6.07, 6.45) is 1.09. The highest BCUT2D eigenvalue weighted by atomic mass is 32.1. The van der Waals surface area contributed by atoms with Crippen LogP contribution < -0.4 is 5.32 Å².